The average molecular weight is 240 g/mol. The summed E-state index contributed by atoms with van der Waals surface area (Å²) >= 11 is 0. The number of rotatable bonds is 3. The topological polar surface area (TPSA) is 61.4 Å². The van der Waals surface area contributed by atoms with E-state index >= 15 is 0 Å². The molecule has 6 nitrogen and oxygen atoms in total. The lowest BCUT2D eigenvalue weighted by Gasteiger charge is -2.04. The summed E-state index contributed by atoms with van der Waals surface area (Å²) in [5.74, 6) is 1.27. The predicted octanol–water partition coefficient (Wildman–Crippen LogP) is 1.12. The normalized spacial score (nSPS) is 10.7. The number of tetrazole rings is 1. The van der Waals surface area contributed by atoms with Gasteiger partial charge in [-0.1, -0.05) is 30.3 Å². The highest BCUT2D eigenvalue weighted by atomic mass is 15.6. The number of hydrogen-bond donors (Lipinski definition) is 0. The van der Waals surface area contributed by atoms with Crippen molar-refractivity contribution in [2.24, 2.45) is 7.05 Å². The highest BCUT2D eigenvalue weighted by Gasteiger charge is 2.11. The molecular weight excluding hydrogens is 228 g/mol. The van der Waals surface area contributed by atoms with E-state index in [9.17, 15) is 0 Å². The Hall–Kier alpha value is -2.50. The maximum Gasteiger partial charge on any atom is 0.240 e. The third-order valence-electron chi connectivity index (χ3n) is 2.62. The summed E-state index contributed by atoms with van der Waals surface area (Å²) in [6.07, 6.45) is 3.66. The van der Waals surface area contributed by atoms with E-state index in [1.54, 1.807) is 13.2 Å². The van der Waals surface area contributed by atoms with E-state index in [1.807, 2.05) is 29.0 Å². The van der Waals surface area contributed by atoms with Gasteiger partial charge in [0, 0.05) is 18.9 Å². The molecule has 0 bridgehead atoms. The Morgan fingerprint density at radius 2 is 2.00 bits per heavy atom. The summed E-state index contributed by atoms with van der Waals surface area (Å²) in [7, 11) is 1.74. The zero-order valence-electron chi connectivity index (χ0n) is 9.93. The SMILES string of the molecule is Cn1nnc(-c2nccn2Cc2ccccc2)n1. The van der Waals surface area contributed by atoms with E-state index in [2.05, 4.69) is 32.5 Å². The van der Waals surface area contributed by atoms with Crippen molar-refractivity contribution in [3.05, 3.63) is 48.3 Å². The van der Waals surface area contributed by atoms with Crippen LogP contribution in [0.2, 0.25) is 0 Å². The fourth-order valence-electron chi connectivity index (χ4n) is 1.80. The largest absolute Gasteiger partial charge is 0.324 e. The molecule has 0 atom stereocenters. The minimum absolute atomic E-state index is 0.540. The fraction of sp³-hybridized carbons (Fsp3) is 0.167. The summed E-state index contributed by atoms with van der Waals surface area (Å²) < 4.78 is 2.01. The molecule has 0 aliphatic heterocycles. The van der Waals surface area contributed by atoms with Crippen LogP contribution in [-0.2, 0) is 13.6 Å². The Morgan fingerprint density at radius 1 is 1.17 bits per heavy atom. The van der Waals surface area contributed by atoms with E-state index in [1.165, 1.54) is 10.4 Å². The minimum atomic E-state index is 0.540. The van der Waals surface area contributed by atoms with Gasteiger partial charge in [-0.15, -0.1) is 10.2 Å². The van der Waals surface area contributed by atoms with Gasteiger partial charge in [0.25, 0.3) is 0 Å². The van der Waals surface area contributed by atoms with Gasteiger partial charge in [0.2, 0.25) is 5.82 Å². The second-order valence-electron chi connectivity index (χ2n) is 3.97. The second-order valence-corrected chi connectivity index (χ2v) is 3.97. The van der Waals surface area contributed by atoms with Crippen molar-refractivity contribution >= 4 is 0 Å². The van der Waals surface area contributed by atoms with Gasteiger partial charge in [-0.2, -0.15) is 4.80 Å². The molecule has 0 saturated carbocycles. The molecule has 0 saturated heterocycles. The molecule has 0 fully saturated rings. The molecular formula is C12H12N6. The molecule has 1 aromatic carbocycles. The van der Waals surface area contributed by atoms with Gasteiger partial charge in [0.1, 0.15) is 0 Å². The number of benzene rings is 1. The first kappa shape index (κ1) is 10.6. The molecule has 0 radical (unpaired) electrons. The van der Waals surface area contributed by atoms with Crippen LogP contribution in [0, 0.1) is 0 Å². The lowest BCUT2D eigenvalue weighted by atomic mass is 10.2. The first-order valence-corrected chi connectivity index (χ1v) is 5.62. The maximum atomic E-state index is 4.28. The summed E-state index contributed by atoms with van der Waals surface area (Å²) in [4.78, 5) is 5.71. The molecule has 0 N–H and O–H groups in total. The molecule has 0 spiro atoms. The molecule has 90 valence electrons. The minimum Gasteiger partial charge on any atom is -0.324 e. The molecule has 0 amide bonds. The molecule has 2 heterocycles. The molecule has 0 aliphatic rings. The van der Waals surface area contributed by atoms with Gasteiger partial charge in [-0.3, -0.25) is 0 Å². The second kappa shape index (κ2) is 4.40. The summed E-state index contributed by atoms with van der Waals surface area (Å²) in [6.45, 7) is 0.744. The van der Waals surface area contributed by atoms with Gasteiger partial charge in [0.15, 0.2) is 5.82 Å². The quantitative estimate of drug-likeness (QED) is 0.688. The van der Waals surface area contributed by atoms with E-state index in [4.69, 9.17) is 0 Å². The molecule has 3 aromatic rings. The summed E-state index contributed by atoms with van der Waals surface area (Å²) in [5.41, 5.74) is 1.21. The Kier molecular flexibility index (Phi) is 2.60. The third kappa shape index (κ3) is 2.00. The standard InChI is InChI=1S/C12H12N6/c1-17-15-11(14-16-17)12-13-7-8-18(12)9-10-5-3-2-4-6-10/h2-8H,9H2,1H3. The third-order valence-corrected chi connectivity index (χ3v) is 2.62. The van der Waals surface area contributed by atoms with Crippen LogP contribution in [0.4, 0.5) is 0 Å². The van der Waals surface area contributed by atoms with Gasteiger partial charge in [0.05, 0.1) is 7.05 Å². The van der Waals surface area contributed by atoms with Crippen molar-refractivity contribution in [2.45, 2.75) is 6.54 Å². The van der Waals surface area contributed by atoms with Crippen molar-refractivity contribution in [3.63, 3.8) is 0 Å². The fourth-order valence-corrected chi connectivity index (χ4v) is 1.80. The zero-order valence-corrected chi connectivity index (χ0v) is 9.93. The van der Waals surface area contributed by atoms with Crippen LogP contribution in [0.25, 0.3) is 11.6 Å². The maximum absolute atomic E-state index is 4.28. The van der Waals surface area contributed by atoms with Crippen LogP contribution in [0.15, 0.2) is 42.7 Å². The number of hydrogen-bond acceptors (Lipinski definition) is 4. The van der Waals surface area contributed by atoms with Crippen molar-refractivity contribution in [1.29, 1.82) is 0 Å². The van der Waals surface area contributed by atoms with Gasteiger partial charge in [-0.25, -0.2) is 4.98 Å². The highest BCUT2D eigenvalue weighted by molar-refractivity contribution is 5.42. The Morgan fingerprint density at radius 3 is 2.72 bits per heavy atom. The average Bonchev–Trinajstić information content (AvgIpc) is 2.99. The molecule has 6 heteroatoms. The number of imidazole rings is 1. The van der Waals surface area contributed by atoms with Crippen LogP contribution < -0.4 is 0 Å². The number of aryl methyl sites for hydroxylation is 1. The lowest BCUT2D eigenvalue weighted by Crippen LogP contribution is -2.02. The van der Waals surface area contributed by atoms with Crippen LogP contribution in [-0.4, -0.2) is 29.8 Å². The monoisotopic (exact) mass is 240 g/mol. The van der Waals surface area contributed by atoms with Crippen molar-refractivity contribution in [3.8, 4) is 11.6 Å². The van der Waals surface area contributed by atoms with Crippen molar-refractivity contribution < 1.29 is 0 Å². The molecule has 0 aliphatic carbocycles. The predicted molar refractivity (Wildman–Crippen MR) is 65.6 cm³/mol. The van der Waals surface area contributed by atoms with Crippen LogP contribution in [0.1, 0.15) is 5.56 Å². The van der Waals surface area contributed by atoms with Crippen LogP contribution >= 0.6 is 0 Å². The first-order valence-electron chi connectivity index (χ1n) is 5.62. The summed E-state index contributed by atoms with van der Waals surface area (Å²) in [5, 5.41) is 12.0. The van der Waals surface area contributed by atoms with Crippen LogP contribution in [0.5, 0.6) is 0 Å². The van der Waals surface area contributed by atoms with Gasteiger partial charge >= 0.3 is 0 Å². The van der Waals surface area contributed by atoms with E-state index in [0.29, 0.717) is 5.82 Å². The smallest absolute Gasteiger partial charge is 0.240 e. The van der Waals surface area contributed by atoms with Crippen LogP contribution in [0.3, 0.4) is 0 Å². The Balaban J connectivity index is 1.93. The number of nitrogens with zero attached hydrogens (tertiary/aromatic N) is 6. The van der Waals surface area contributed by atoms with E-state index < -0.39 is 0 Å². The molecule has 2 aromatic heterocycles. The summed E-state index contributed by atoms with van der Waals surface area (Å²) in [6, 6.07) is 10.2. The Labute approximate surface area is 104 Å². The van der Waals surface area contributed by atoms with Gasteiger partial charge in [-0.05, 0) is 10.8 Å². The van der Waals surface area contributed by atoms with E-state index in [-0.39, 0.29) is 0 Å². The van der Waals surface area contributed by atoms with E-state index in [0.717, 1.165) is 12.4 Å². The van der Waals surface area contributed by atoms with Crippen molar-refractivity contribution in [2.75, 3.05) is 0 Å². The van der Waals surface area contributed by atoms with Gasteiger partial charge < -0.3 is 4.57 Å². The molecule has 3 rings (SSSR count). The van der Waals surface area contributed by atoms with Crippen molar-refractivity contribution in [1.82, 2.24) is 29.8 Å². The molecule has 18 heavy (non-hydrogen) atoms. The number of aromatic nitrogens is 6. The molecule has 0 unspecified atom stereocenters. The highest BCUT2D eigenvalue weighted by Crippen LogP contribution is 2.13. The Bertz CT molecular complexity index is 639. The first-order chi connectivity index (χ1) is 8.83. The lowest BCUT2D eigenvalue weighted by molar-refractivity contribution is 0.630. The zero-order chi connectivity index (χ0) is 12.4.